The Morgan fingerprint density at radius 1 is 0.716 bits per heavy atom. The number of carbonyl (C=O) groups is 4. The number of nitrogens with zero attached hydrogens (tertiary/aromatic N) is 6. The highest BCUT2D eigenvalue weighted by atomic mass is 19.1. The summed E-state index contributed by atoms with van der Waals surface area (Å²) in [4.78, 5) is 76.5. The Bertz CT molecular complexity index is 2670. The maximum absolute atomic E-state index is 16.4. The van der Waals surface area contributed by atoms with E-state index in [9.17, 15) is 24.3 Å². The third-order valence-corrected chi connectivity index (χ3v) is 14.5. The van der Waals surface area contributed by atoms with E-state index in [4.69, 9.17) is 14.7 Å². The number of benzene rings is 3. The van der Waals surface area contributed by atoms with Crippen LogP contribution in [0.5, 0.6) is 0 Å². The quantitative estimate of drug-likeness (QED) is 0.0811. The Kier molecular flexibility index (Phi) is 12.8. The van der Waals surface area contributed by atoms with Gasteiger partial charge in [0, 0.05) is 31.9 Å². The van der Waals surface area contributed by atoms with Gasteiger partial charge in [0.1, 0.15) is 29.5 Å². The van der Waals surface area contributed by atoms with Crippen LogP contribution in [0.4, 0.5) is 25.4 Å². The maximum atomic E-state index is 16.4. The summed E-state index contributed by atoms with van der Waals surface area (Å²) >= 11 is 0. The van der Waals surface area contributed by atoms with Crippen LogP contribution in [-0.4, -0.2) is 104 Å². The van der Waals surface area contributed by atoms with Crippen molar-refractivity contribution in [2.24, 2.45) is 17.8 Å². The van der Waals surface area contributed by atoms with Crippen molar-refractivity contribution in [3.05, 3.63) is 83.2 Å². The zero-order valence-electron chi connectivity index (χ0n) is 39.2. The second kappa shape index (κ2) is 18.7. The first-order valence-corrected chi connectivity index (χ1v) is 24.0. The minimum atomic E-state index is -1.23. The van der Waals surface area contributed by atoms with E-state index in [1.54, 1.807) is 11.0 Å². The average Bonchev–Trinajstić information content (AvgIpc) is 4.17. The number of ether oxygens (including phenoxy) is 1. The summed E-state index contributed by atoms with van der Waals surface area (Å²) in [6.07, 6.45) is 3.78. The third kappa shape index (κ3) is 8.96. The Hall–Kier alpha value is -6.39. The van der Waals surface area contributed by atoms with Gasteiger partial charge in [0.05, 0.1) is 59.0 Å². The molecule has 4 amide bonds. The van der Waals surface area contributed by atoms with E-state index >= 15 is 4.39 Å². The van der Waals surface area contributed by atoms with Crippen LogP contribution in [-0.2, 0) is 14.3 Å². The van der Waals surface area contributed by atoms with E-state index in [0.717, 1.165) is 90.5 Å². The second-order valence-corrected chi connectivity index (χ2v) is 19.7. The van der Waals surface area contributed by atoms with Crippen LogP contribution in [0, 0.1) is 23.6 Å². The minimum Gasteiger partial charge on any atom is -0.465 e. The number of carboxylic acid groups (broad SMARTS) is 1. The highest BCUT2D eigenvalue weighted by Gasteiger charge is 2.41. The number of anilines is 2. The number of alkyl carbamates (subject to hydrolysis) is 1. The van der Waals surface area contributed by atoms with Gasteiger partial charge in [-0.15, -0.1) is 0 Å². The largest absolute Gasteiger partial charge is 0.465 e. The lowest BCUT2D eigenvalue weighted by atomic mass is 10.0. The van der Waals surface area contributed by atoms with Crippen molar-refractivity contribution in [3.8, 4) is 0 Å². The summed E-state index contributed by atoms with van der Waals surface area (Å²) in [5.74, 6) is 0.827. The van der Waals surface area contributed by atoms with Gasteiger partial charge in [0.25, 0.3) is 0 Å². The van der Waals surface area contributed by atoms with Crippen LogP contribution in [0.25, 0.3) is 22.1 Å². The molecule has 9 rings (SSSR count). The standard InChI is InChI=1S/C50H63FN10O6/c1-27(2)43(56-49(64)65)47(62)59-20-7-9-41(59)45-52-34-14-11-30(23-36(34)54-45)38-17-18-39(61(38)32-13-16-40(33(51)25-32)58-22-19-29(5)26-58)31-12-15-35-37(24-31)55-46(53-35)42-10-8-21-60(42)48(63)44(28(3)4)57-50(66)67-6/h11-16,23-25,27-29,38-39,41-44,56H,7-10,17-22,26H2,1-6H3,(H,52,54)(H,53,55)(H,57,66)(H,64,65)/t29?,38-,39-,41+,42+,43+,44+/m1/s1. The van der Waals surface area contributed by atoms with Crippen molar-refractivity contribution in [3.63, 3.8) is 0 Å². The molecule has 16 nitrogen and oxygen atoms in total. The molecule has 6 heterocycles. The van der Waals surface area contributed by atoms with Crippen molar-refractivity contribution in [2.45, 2.75) is 116 Å². The smallest absolute Gasteiger partial charge is 0.407 e. The predicted molar refractivity (Wildman–Crippen MR) is 253 cm³/mol. The molecule has 0 aliphatic carbocycles. The van der Waals surface area contributed by atoms with Crippen LogP contribution in [0.1, 0.15) is 127 Å². The zero-order chi connectivity index (χ0) is 47.3. The molecule has 5 N–H and O–H groups in total. The number of fused-ring (bicyclic) bond motifs is 2. The van der Waals surface area contributed by atoms with Crippen molar-refractivity contribution in [2.75, 3.05) is 43.1 Å². The fraction of sp³-hybridized carbons (Fsp3) is 0.520. The summed E-state index contributed by atoms with van der Waals surface area (Å²) in [6, 6.07) is 15.7. The first-order valence-electron chi connectivity index (χ1n) is 24.0. The summed E-state index contributed by atoms with van der Waals surface area (Å²) in [5.41, 5.74) is 6.73. The van der Waals surface area contributed by atoms with Crippen molar-refractivity contribution in [1.82, 2.24) is 40.4 Å². The SMILES string of the molecule is COC(=O)N[C@H](C(=O)N1CCC[C@H]1c1nc2ccc([C@H]3CC[C@H](c4ccc5nc([C@@H]6CCCN6C(=O)[C@@H](NC(=O)O)C(C)C)[nH]c5c4)N3c3ccc(N4CCC(C)C4)c(F)c3)cc2[nH]1)C(C)C. The number of H-pyrrole nitrogens is 2. The Labute approximate surface area is 390 Å². The number of halogens is 1. The molecule has 17 heteroatoms. The van der Waals surface area contributed by atoms with E-state index < -0.39 is 24.3 Å². The fourth-order valence-electron chi connectivity index (χ4n) is 11.0. The van der Waals surface area contributed by atoms with Crippen molar-refractivity contribution >= 4 is 57.4 Å². The first kappa shape index (κ1) is 45.8. The summed E-state index contributed by atoms with van der Waals surface area (Å²) in [5, 5.41) is 14.6. The Balaban J connectivity index is 1.03. The number of hydrogen-bond donors (Lipinski definition) is 5. The van der Waals surface area contributed by atoms with Crippen LogP contribution in [0.2, 0.25) is 0 Å². The number of aromatic nitrogens is 4. The average molecular weight is 919 g/mol. The van der Waals surface area contributed by atoms with Crippen LogP contribution in [0.15, 0.2) is 54.6 Å². The molecule has 4 aliphatic rings. The van der Waals surface area contributed by atoms with Crippen LogP contribution in [0.3, 0.4) is 0 Å². The van der Waals surface area contributed by atoms with Gasteiger partial charge in [0.2, 0.25) is 11.8 Å². The second-order valence-electron chi connectivity index (χ2n) is 19.7. The number of carbonyl (C=O) groups excluding carboxylic acids is 3. The Morgan fingerprint density at radius 2 is 1.25 bits per heavy atom. The van der Waals surface area contributed by atoms with E-state index in [1.165, 1.54) is 7.11 Å². The fourth-order valence-corrected chi connectivity index (χ4v) is 11.0. The molecular formula is C50H63FN10O6. The molecule has 67 heavy (non-hydrogen) atoms. The van der Waals surface area contributed by atoms with E-state index in [-0.39, 0.29) is 53.6 Å². The van der Waals surface area contributed by atoms with Gasteiger partial charge >= 0.3 is 12.2 Å². The highest BCUT2D eigenvalue weighted by Crippen LogP contribution is 2.49. The number of methoxy groups -OCH3 is 1. The molecule has 4 saturated heterocycles. The highest BCUT2D eigenvalue weighted by molar-refractivity contribution is 5.87. The lowest BCUT2D eigenvalue weighted by Gasteiger charge is -2.34. The number of aromatic amines is 2. The molecular weight excluding hydrogens is 856 g/mol. The molecule has 7 atom stereocenters. The molecule has 2 aromatic heterocycles. The van der Waals surface area contributed by atoms with Gasteiger partial charge in [0.15, 0.2) is 0 Å². The van der Waals surface area contributed by atoms with Gasteiger partial charge < -0.3 is 50.0 Å². The minimum absolute atomic E-state index is 0.113. The predicted octanol–water partition coefficient (Wildman–Crippen LogP) is 8.51. The number of imidazole rings is 2. The molecule has 0 spiro atoms. The summed E-state index contributed by atoms with van der Waals surface area (Å²) in [6.45, 7) is 12.4. The lowest BCUT2D eigenvalue weighted by molar-refractivity contribution is -0.136. The number of nitrogens with one attached hydrogen (secondary N) is 4. The molecule has 5 aromatic rings. The zero-order valence-corrected chi connectivity index (χ0v) is 39.2. The van der Waals surface area contributed by atoms with Gasteiger partial charge in [-0.2, -0.15) is 0 Å². The Morgan fingerprint density at radius 3 is 1.72 bits per heavy atom. The molecule has 4 aliphatic heterocycles. The van der Waals surface area contributed by atoms with Gasteiger partial charge in [-0.3, -0.25) is 9.59 Å². The monoisotopic (exact) mass is 918 g/mol. The van der Waals surface area contributed by atoms with Crippen LogP contribution >= 0.6 is 0 Å². The topological polar surface area (TPSA) is 192 Å². The van der Waals surface area contributed by atoms with Crippen molar-refractivity contribution in [1.29, 1.82) is 0 Å². The molecule has 0 radical (unpaired) electrons. The van der Waals surface area contributed by atoms with Crippen molar-refractivity contribution < 1.29 is 33.4 Å². The summed E-state index contributed by atoms with van der Waals surface area (Å²) < 4.78 is 21.2. The van der Waals surface area contributed by atoms with E-state index in [0.29, 0.717) is 42.8 Å². The van der Waals surface area contributed by atoms with E-state index in [1.807, 2.05) is 56.9 Å². The molecule has 4 fully saturated rings. The normalized spacial score (nSPS) is 23.0. The molecule has 0 saturated carbocycles. The van der Waals surface area contributed by atoms with Gasteiger partial charge in [-0.05, 0) is 116 Å². The molecule has 356 valence electrons. The summed E-state index contributed by atoms with van der Waals surface area (Å²) in [7, 11) is 1.29. The number of hydrogen-bond acceptors (Lipinski definition) is 9. The van der Waals surface area contributed by atoms with Crippen LogP contribution < -0.4 is 20.4 Å². The maximum Gasteiger partial charge on any atom is 0.407 e. The van der Waals surface area contributed by atoms with Gasteiger partial charge in [-0.1, -0.05) is 46.8 Å². The van der Waals surface area contributed by atoms with Gasteiger partial charge in [-0.25, -0.2) is 23.9 Å². The number of amides is 4. The lowest BCUT2D eigenvalue weighted by Crippen LogP contribution is -2.51. The first-order chi connectivity index (χ1) is 32.2. The number of likely N-dealkylation sites (tertiary alicyclic amines) is 2. The number of rotatable bonds is 12. The third-order valence-electron chi connectivity index (χ3n) is 14.5. The van der Waals surface area contributed by atoms with E-state index in [2.05, 4.69) is 61.6 Å². The molecule has 0 bridgehead atoms. The molecule has 1 unspecified atom stereocenters. The molecule has 3 aromatic carbocycles.